The van der Waals surface area contributed by atoms with Crippen LogP contribution in [0.2, 0.25) is 0 Å². The van der Waals surface area contributed by atoms with Crippen molar-refractivity contribution in [2.75, 3.05) is 12.3 Å². The number of phenolic OH excluding ortho intramolecular Hbond substituents is 1. The molecule has 0 aliphatic rings. The van der Waals surface area contributed by atoms with Gasteiger partial charge in [0, 0.05) is 18.8 Å². The van der Waals surface area contributed by atoms with Gasteiger partial charge >= 0.3 is 0 Å². The van der Waals surface area contributed by atoms with Gasteiger partial charge in [-0.05, 0) is 29.3 Å². The Morgan fingerprint density at radius 3 is 2.33 bits per heavy atom. The van der Waals surface area contributed by atoms with Gasteiger partial charge in [0.05, 0.1) is 6.54 Å². The Bertz CT molecular complexity index is 611. The van der Waals surface area contributed by atoms with E-state index in [-0.39, 0.29) is 18.2 Å². The topological polar surface area (TPSA) is 92.6 Å². The number of aromatic hydroxyl groups is 1. The first-order chi connectivity index (χ1) is 10.0. The number of nitrogen functional groups attached to an aromatic ring is 1. The molecule has 5 N–H and O–H groups in total. The van der Waals surface area contributed by atoms with Gasteiger partial charge in [-0.15, -0.1) is 0 Å². The maximum absolute atomic E-state index is 11.2. The number of nitrogens with two attached hydrogens (primary N) is 2. The molecule has 2 aromatic rings. The highest BCUT2D eigenvalue weighted by atomic mass is 16.3. The van der Waals surface area contributed by atoms with Gasteiger partial charge in [-0.3, -0.25) is 9.69 Å². The van der Waals surface area contributed by atoms with E-state index in [1.807, 2.05) is 41.3 Å². The van der Waals surface area contributed by atoms with Crippen molar-refractivity contribution in [1.29, 1.82) is 0 Å². The predicted octanol–water partition coefficient (Wildman–Crippen LogP) is 1.46. The lowest BCUT2D eigenvalue weighted by Gasteiger charge is -2.21. The number of amides is 1. The van der Waals surface area contributed by atoms with Crippen molar-refractivity contribution < 1.29 is 9.90 Å². The van der Waals surface area contributed by atoms with Crippen LogP contribution in [0.5, 0.6) is 5.75 Å². The van der Waals surface area contributed by atoms with Gasteiger partial charge in [0.2, 0.25) is 5.91 Å². The number of carbonyl (C=O) groups is 1. The number of anilines is 1. The summed E-state index contributed by atoms with van der Waals surface area (Å²) in [5, 5.41) is 9.30. The molecular formula is C16H19N3O2. The average Bonchev–Trinajstić information content (AvgIpc) is 2.43. The number of primary amides is 1. The average molecular weight is 285 g/mol. The van der Waals surface area contributed by atoms with E-state index in [1.54, 1.807) is 12.1 Å². The number of phenols is 1. The molecule has 21 heavy (non-hydrogen) atoms. The molecule has 0 bridgehead atoms. The lowest BCUT2D eigenvalue weighted by atomic mass is 10.1. The number of hydrogen-bond donors (Lipinski definition) is 3. The summed E-state index contributed by atoms with van der Waals surface area (Å²) in [6, 6.07) is 14.4. The first kappa shape index (κ1) is 14.9. The molecule has 1 amide bonds. The van der Waals surface area contributed by atoms with Crippen LogP contribution in [0.3, 0.4) is 0 Å². The van der Waals surface area contributed by atoms with Crippen molar-refractivity contribution in [3.63, 3.8) is 0 Å². The molecule has 0 aromatic heterocycles. The second-order valence-electron chi connectivity index (χ2n) is 4.98. The highest BCUT2D eigenvalue weighted by Gasteiger charge is 2.11. The maximum atomic E-state index is 11.2. The van der Waals surface area contributed by atoms with Gasteiger partial charge in [-0.2, -0.15) is 0 Å². The van der Waals surface area contributed by atoms with E-state index in [1.165, 1.54) is 0 Å². The molecule has 5 heteroatoms. The van der Waals surface area contributed by atoms with Crippen LogP contribution in [-0.2, 0) is 17.9 Å². The predicted molar refractivity (Wildman–Crippen MR) is 82.3 cm³/mol. The third-order valence-electron chi connectivity index (χ3n) is 3.17. The fourth-order valence-electron chi connectivity index (χ4n) is 2.17. The Morgan fingerprint density at radius 1 is 1.05 bits per heavy atom. The summed E-state index contributed by atoms with van der Waals surface area (Å²) in [6.07, 6.45) is 0. The lowest BCUT2D eigenvalue weighted by molar-refractivity contribution is -0.119. The minimum absolute atomic E-state index is 0.148. The highest BCUT2D eigenvalue weighted by Crippen LogP contribution is 2.16. The quantitative estimate of drug-likeness (QED) is 0.701. The van der Waals surface area contributed by atoms with Crippen LogP contribution < -0.4 is 11.5 Å². The minimum atomic E-state index is -0.386. The van der Waals surface area contributed by atoms with Gasteiger partial charge in [0.1, 0.15) is 5.75 Å². The van der Waals surface area contributed by atoms with Gasteiger partial charge < -0.3 is 16.6 Å². The summed E-state index contributed by atoms with van der Waals surface area (Å²) in [5.74, 6) is -0.171. The van der Waals surface area contributed by atoms with E-state index in [9.17, 15) is 9.90 Å². The number of hydrogen-bond acceptors (Lipinski definition) is 4. The number of para-hydroxylation sites is 1. The van der Waals surface area contributed by atoms with E-state index in [2.05, 4.69) is 0 Å². The Kier molecular flexibility index (Phi) is 4.79. The van der Waals surface area contributed by atoms with Crippen LogP contribution in [-0.4, -0.2) is 22.5 Å². The third-order valence-corrected chi connectivity index (χ3v) is 3.17. The number of carbonyl (C=O) groups excluding carboxylic acids is 1. The Balaban J connectivity index is 2.12. The van der Waals surface area contributed by atoms with E-state index in [4.69, 9.17) is 11.5 Å². The van der Waals surface area contributed by atoms with Crippen molar-refractivity contribution in [2.24, 2.45) is 5.73 Å². The number of nitrogens with zero attached hydrogens (tertiary/aromatic N) is 1. The molecule has 0 saturated heterocycles. The normalized spacial score (nSPS) is 10.7. The molecule has 110 valence electrons. The van der Waals surface area contributed by atoms with Gasteiger partial charge in [0.15, 0.2) is 0 Å². The summed E-state index contributed by atoms with van der Waals surface area (Å²) in [4.78, 5) is 13.2. The lowest BCUT2D eigenvalue weighted by Crippen LogP contribution is -2.33. The molecule has 0 saturated carbocycles. The molecule has 0 radical (unpaired) electrons. The first-order valence-electron chi connectivity index (χ1n) is 6.66. The van der Waals surface area contributed by atoms with E-state index in [0.717, 1.165) is 11.1 Å². The number of rotatable bonds is 6. The Labute approximate surface area is 123 Å². The van der Waals surface area contributed by atoms with Crippen LogP contribution in [0.1, 0.15) is 11.1 Å². The van der Waals surface area contributed by atoms with Crippen LogP contribution >= 0.6 is 0 Å². The summed E-state index contributed by atoms with van der Waals surface area (Å²) in [7, 11) is 0. The van der Waals surface area contributed by atoms with Gasteiger partial charge in [-0.1, -0.05) is 30.3 Å². The second-order valence-corrected chi connectivity index (χ2v) is 4.98. The Morgan fingerprint density at radius 2 is 1.71 bits per heavy atom. The zero-order chi connectivity index (χ0) is 15.2. The van der Waals surface area contributed by atoms with Crippen molar-refractivity contribution in [1.82, 2.24) is 4.90 Å². The number of benzene rings is 2. The summed E-state index contributed by atoms with van der Waals surface area (Å²) in [5.41, 5.74) is 13.9. The van der Waals surface area contributed by atoms with Crippen molar-refractivity contribution in [2.45, 2.75) is 13.1 Å². The van der Waals surface area contributed by atoms with E-state index in [0.29, 0.717) is 18.8 Å². The maximum Gasteiger partial charge on any atom is 0.231 e. The summed E-state index contributed by atoms with van der Waals surface area (Å²) < 4.78 is 0. The highest BCUT2D eigenvalue weighted by molar-refractivity contribution is 5.75. The standard InChI is InChI=1S/C16H19N3O2/c17-15-4-2-1-3-13(15)10-19(11-16(18)21)9-12-5-7-14(20)8-6-12/h1-8,20H,9-11,17H2,(H2,18,21). The van der Waals surface area contributed by atoms with E-state index < -0.39 is 0 Å². The van der Waals surface area contributed by atoms with Gasteiger partial charge in [-0.25, -0.2) is 0 Å². The zero-order valence-electron chi connectivity index (χ0n) is 11.7. The van der Waals surface area contributed by atoms with Crippen LogP contribution in [0, 0.1) is 0 Å². The smallest absolute Gasteiger partial charge is 0.231 e. The largest absolute Gasteiger partial charge is 0.508 e. The first-order valence-corrected chi connectivity index (χ1v) is 6.66. The summed E-state index contributed by atoms with van der Waals surface area (Å²) in [6.45, 7) is 1.24. The van der Waals surface area contributed by atoms with E-state index >= 15 is 0 Å². The van der Waals surface area contributed by atoms with Crippen LogP contribution in [0.15, 0.2) is 48.5 Å². The SMILES string of the molecule is NC(=O)CN(Cc1ccc(O)cc1)Cc1ccccc1N. The minimum Gasteiger partial charge on any atom is -0.508 e. The molecule has 0 aliphatic carbocycles. The molecule has 0 aliphatic heterocycles. The van der Waals surface area contributed by atoms with Gasteiger partial charge in [0.25, 0.3) is 0 Å². The van der Waals surface area contributed by atoms with Crippen LogP contribution in [0.25, 0.3) is 0 Å². The molecule has 5 nitrogen and oxygen atoms in total. The third kappa shape index (κ3) is 4.50. The van der Waals surface area contributed by atoms with Crippen molar-refractivity contribution in [3.05, 3.63) is 59.7 Å². The monoisotopic (exact) mass is 285 g/mol. The molecule has 0 unspecified atom stereocenters. The zero-order valence-corrected chi connectivity index (χ0v) is 11.7. The molecule has 0 atom stereocenters. The molecule has 0 fully saturated rings. The van der Waals surface area contributed by atoms with Crippen molar-refractivity contribution in [3.8, 4) is 5.75 Å². The van der Waals surface area contributed by atoms with Crippen molar-refractivity contribution >= 4 is 11.6 Å². The fourth-order valence-corrected chi connectivity index (χ4v) is 2.17. The molecular weight excluding hydrogens is 266 g/mol. The molecule has 0 heterocycles. The van der Waals surface area contributed by atoms with Crippen LogP contribution in [0.4, 0.5) is 5.69 Å². The summed E-state index contributed by atoms with van der Waals surface area (Å²) >= 11 is 0. The molecule has 2 aromatic carbocycles. The molecule has 0 spiro atoms. The fraction of sp³-hybridized carbons (Fsp3) is 0.188. The Hall–Kier alpha value is -2.53. The molecule has 2 rings (SSSR count). The second kappa shape index (κ2) is 6.76.